The third kappa shape index (κ3) is 3.08. The van der Waals surface area contributed by atoms with E-state index in [2.05, 4.69) is 15.9 Å². The molecule has 0 aromatic heterocycles. The van der Waals surface area contributed by atoms with Crippen molar-refractivity contribution >= 4 is 33.5 Å². The minimum absolute atomic E-state index is 0.280. The lowest BCUT2D eigenvalue weighted by atomic mass is 10.0. The van der Waals surface area contributed by atoms with Gasteiger partial charge in [0.15, 0.2) is 0 Å². The number of benzene rings is 2. The van der Waals surface area contributed by atoms with E-state index in [-0.39, 0.29) is 5.57 Å². The van der Waals surface area contributed by atoms with E-state index in [4.69, 9.17) is 0 Å². The molecule has 1 N–H and O–H groups in total. The second kappa shape index (κ2) is 5.65. The Balaban J connectivity index is 2.47. The van der Waals surface area contributed by atoms with E-state index in [1.54, 1.807) is 18.2 Å². The van der Waals surface area contributed by atoms with Gasteiger partial charge in [0, 0.05) is 4.47 Å². The maximum Gasteiger partial charge on any atom is 0.336 e. The van der Waals surface area contributed by atoms with Crippen molar-refractivity contribution in [3.63, 3.8) is 0 Å². The third-order valence-corrected chi connectivity index (χ3v) is 2.97. The maximum absolute atomic E-state index is 11.3. The lowest BCUT2D eigenvalue weighted by Gasteiger charge is -2.03. The van der Waals surface area contributed by atoms with Gasteiger partial charge in [-0.25, -0.2) is 4.79 Å². The number of aliphatic carboxylic acids is 1. The highest BCUT2D eigenvalue weighted by molar-refractivity contribution is 9.10. The number of carboxylic acids is 1. The Bertz CT molecular complexity index is 588. The molecule has 0 bridgehead atoms. The van der Waals surface area contributed by atoms with Gasteiger partial charge in [-0.3, -0.25) is 0 Å². The van der Waals surface area contributed by atoms with Crippen LogP contribution in [0.1, 0.15) is 11.1 Å². The summed E-state index contributed by atoms with van der Waals surface area (Å²) in [5.41, 5.74) is 1.83. The van der Waals surface area contributed by atoms with Crippen LogP contribution in [0.3, 0.4) is 0 Å². The molecule has 0 amide bonds. The van der Waals surface area contributed by atoms with Crippen LogP contribution in [0.4, 0.5) is 0 Å². The average Bonchev–Trinajstić information content (AvgIpc) is 2.37. The van der Waals surface area contributed by atoms with Crippen LogP contribution in [0.2, 0.25) is 0 Å². The summed E-state index contributed by atoms with van der Waals surface area (Å²) in [5.74, 6) is -0.933. The number of rotatable bonds is 3. The quantitative estimate of drug-likeness (QED) is 0.685. The highest BCUT2D eigenvalue weighted by Crippen LogP contribution is 2.21. The van der Waals surface area contributed by atoms with Crippen LogP contribution >= 0.6 is 15.9 Å². The van der Waals surface area contributed by atoms with Crippen LogP contribution in [0.25, 0.3) is 11.6 Å². The lowest BCUT2D eigenvalue weighted by Crippen LogP contribution is -1.99. The Morgan fingerprint density at radius 2 is 1.78 bits per heavy atom. The van der Waals surface area contributed by atoms with E-state index in [1.165, 1.54) is 0 Å². The monoisotopic (exact) mass is 302 g/mol. The molecule has 90 valence electrons. The van der Waals surface area contributed by atoms with Crippen LogP contribution in [0, 0.1) is 0 Å². The Morgan fingerprint density at radius 1 is 1.06 bits per heavy atom. The first-order valence-electron chi connectivity index (χ1n) is 5.43. The van der Waals surface area contributed by atoms with Crippen molar-refractivity contribution in [1.82, 2.24) is 0 Å². The predicted molar refractivity (Wildman–Crippen MR) is 76.1 cm³/mol. The Morgan fingerprint density at radius 3 is 2.39 bits per heavy atom. The van der Waals surface area contributed by atoms with Gasteiger partial charge in [0.05, 0.1) is 5.57 Å². The molecule has 3 heteroatoms. The molecule has 0 aliphatic carbocycles. The largest absolute Gasteiger partial charge is 0.478 e. The van der Waals surface area contributed by atoms with E-state index < -0.39 is 5.97 Å². The first kappa shape index (κ1) is 12.6. The van der Waals surface area contributed by atoms with Gasteiger partial charge in [-0.1, -0.05) is 58.4 Å². The first-order valence-corrected chi connectivity index (χ1v) is 6.22. The highest BCUT2D eigenvalue weighted by Gasteiger charge is 2.10. The van der Waals surface area contributed by atoms with Crippen molar-refractivity contribution in [3.8, 4) is 0 Å². The number of carbonyl (C=O) groups is 1. The minimum atomic E-state index is -0.933. The van der Waals surface area contributed by atoms with Crippen molar-refractivity contribution in [2.75, 3.05) is 0 Å². The van der Waals surface area contributed by atoms with Crippen LogP contribution < -0.4 is 0 Å². The zero-order valence-corrected chi connectivity index (χ0v) is 11.1. The van der Waals surface area contributed by atoms with Crippen LogP contribution in [-0.4, -0.2) is 11.1 Å². The average molecular weight is 303 g/mol. The normalized spacial score (nSPS) is 11.3. The van der Waals surface area contributed by atoms with Gasteiger partial charge in [0.25, 0.3) is 0 Å². The molecular weight excluding hydrogens is 292 g/mol. The van der Waals surface area contributed by atoms with E-state index in [1.807, 2.05) is 42.5 Å². The van der Waals surface area contributed by atoms with Gasteiger partial charge < -0.3 is 5.11 Å². The molecule has 0 radical (unpaired) electrons. The molecule has 0 spiro atoms. The molecular formula is C15H11BrO2. The summed E-state index contributed by atoms with van der Waals surface area (Å²) in [6.07, 6.45) is 1.67. The predicted octanol–water partition coefficient (Wildman–Crippen LogP) is 4.07. The molecule has 0 fully saturated rings. The van der Waals surface area contributed by atoms with E-state index in [0.29, 0.717) is 5.56 Å². The highest BCUT2D eigenvalue weighted by atomic mass is 79.9. The second-order valence-electron chi connectivity index (χ2n) is 3.78. The van der Waals surface area contributed by atoms with Gasteiger partial charge in [-0.05, 0) is 29.3 Å². The summed E-state index contributed by atoms with van der Waals surface area (Å²) in [4.78, 5) is 11.3. The van der Waals surface area contributed by atoms with Crippen molar-refractivity contribution in [2.45, 2.75) is 0 Å². The SMILES string of the molecule is O=C(O)/C(=C/c1ccccc1)c1cccc(Br)c1. The van der Waals surface area contributed by atoms with Crippen molar-refractivity contribution < 1.29 is 9.90 Å². The topological polar surface area (TPSA) is 37.3 Å². The fraction of sp³-hybridized carbons (Fsp3) is 0. The van der Waals surface area contributed by atoms with Crippen molar-refractivity contribution in [3.05, 3.63) is 70.2 Å². The summed E-state index contributed by atoms with van der Waals surface area (Å²) in [6, 6.07) is 16.7. The molecule has 0 atom stereocenters. The standard InChI is InChI=1S/C15H11BrO2/c16-13-8-4-7-12(10-13)14(15(17)18)9-11-5-2-1-3-6-11/h1-10H,(H,17,18)/b14-9+. The van der Waals surface area contributed by atoms with Crippen LogP contribution in [0.15, 0.2) is 59.1 Å². The third-order valence-electron chi connectivity index (χ3n) is 2.48. The molecule has 2 aromatic carbocycles. The fourth-order valence-electron chi connectivity index (χ4n) is 1.64. The van der Waals surface area contributed by atoms with Crippen molar-refractivity contribution in [1.29, 1.82) is 0 Å². The van der Waals surface area contributed by atoms with Gasteiger partial charge in [-0.15, -0.1) is 0 Å². The molecule has 0 saturated heterocycles. The summed E-state index contributed by atoms with van der Waals surface area (Å²) in [6.45, 7) is 0. The van der Waals surface area contributed by atoms with E-state index in [0.717, 1.165) is 10.0 Å². The van der Waals surface area contributed by atoms with Gasteiger partial charge in [-0.2, -0.15) is 0 Å². The van der Waals surface area contributed by atoms with E-state index in [9.17, 15) is 9.90 Å². The first-order chi connectivity index (χ1) is 8.66. The van der Waals surface area contributed by atoms with Gasteiger partial charge in [0.2, 0.25) is 0 Å². The molecule has 2 nitrogen and oxygen atoms in total. The zero-order valence-electron chi connectivity index (χ0n) is 9.51. The number of hydrogen-bond acceptors (Lipinski definition) is 1. The fourth-order valence-corrected chi connectivity index (χ4v) is 2.04. The summed E-state index contributed by atoms with van der Waals surface area (Å²) in [7, 11) is 0. The van der Waals surface area contributed by atoms with Crippen LogP contribution in [0.5, 0.6) is 0 Å². The molecule has 0 aliphatic heterocycles. The summed E-state index contributed by atoms with van der Waals surface area (Å²) >= 11 is 3.34. The molecule has 2 aromatic rings. The Hall–Kier alpha value is -1.87. The molecule has 2 rings (SSSR count). The van der Waals surface area contributed by atoms with Gasteiger partial charge in [0.1, 0.15) is 0 Å². The van der Waals surface area contributed by atoms with Gasteiger partial charge >= 0.3 is 5.97 Å². The lowest BCUT2D eigenvalue weighted by molar-refractivity contribution is -0.130. The molecule has 0 aliphatic rings. The molecule has 0 saturated carbocycles. The Labute approximate surface area is 114 Å². The number of hydrogen-bond donors (Lipinski definition) is 1. The number of halogens is 1. The molecule has 18 heavy (non-hydrogen) atoms. The Kier molecular flexibility index (Phi) is 3.95. The molecule has 0 unspecified atom stereocenters. The van der Waals surface area contributed by atoms with Crippen molar-refractivity contribution in [2.24, 2.45) is 0 Å². The van der Waals surface area contributed by atoms with E-state index >= 15 is 0 Å². The maximum atomic E-state index is 11.3. The number of carboxylic acid groups (broad SMARTS) is 1. The zero-order chi connectivity index (χ0) is 13.0. The minimum Gasteiger partial charge on any atom is -0.478 e. The second-order valence-corrected chi connectivity index (χ2v) is 4.70. The van der Waals surface area contributed by atoms with Crippen LogP contribution in [-0.2, 0) is 4.79 Å². The summed E-state index contributed by atoms with van der Waals surface area (Å²) in [5, 5.41) is 9.30. The smallest absolute Gasteiger partial charge is 0.336 e. The molecule has 0 heterocycles. The summed E-state index contributed by atoms with van der Waals surface area (Å²) < 4.78 is 0.861.